The number of hydrogen-bond donors (Lipinski definition) is 1. The van der Waals surface area contributed by atoms with Gasteiger partial charge in [0.05, 0.1) is 0 Å². The van der Waals surface area contributed by atoms with Crippen LogP contribution in [0.4, 0.5) is 0 Å². The van der Waals surface area contributed by atoms with Crippen molar-refractivity contribution in [2.45, 2.75) is 44.9 Å². The molecule has 4 saturated carbocycles. The number of phenols is 1. The fourth-order valence-electron chi connectivity index (χ4n) is 5.43. The molecule has 0 unspecified atom stereocenters. The minimum absolute atomic E-state index is 0.487. The number of rotatable bonds is 1. The van der Waals surface area contributed by atoms with Crippen LogP contribution >= 0.6 is 0 Å². The summed E-state index contributed by atoms with van der Waals surface area (Å²) in [6.45, 7) is 2.09. The predicted octanol–water partition coefficient (Wildman–Crippen LogP) is 4.24. The smallest absolute Gasteiger partial charge is 0.118 e. The van der Waals surface area contributed by atoms with Crippen molar-refractivity contribution in [1.82, 2.24) is 0 Å². The average molecular weight is 242 g/mol. The third-order valence-corrected chi connectivity index (χ3v) is 5.93. The zero-order chi connectivity index (χ0) is 12.3. The lowest BCUT2D eigenvalue weighted by Crippen LogP contribution is -2.43. The monoisotopic (exact) mass is 242 g/mol. The molecular weight excluding hydrogens is 220 g/mol. The van der Waals surface area contributed by atoms with Gasteiger partial charge in [-0.1, -0.05) is 12.1 Å². The van der Waals surface area contributed by atoms with Crippen molar-refractivity contribution in [3.8, 4) is 5.75 Å². The van der Waals surface area contributed by atoms with E-state index in [9.17, 15) is 5.11 Å². The Balaban J connectivity index is 1.74. The van der Waals surface area contributed by atoms with Gasteiger partial charge in [-0.15, -0.1) is 0 Å². The second kappa shape index (κ2) is 3.76. The fraction of sp³-hybridized carbons (Fsp3) is 0.647. The molecule has 0 aliphatic heterocycles. The normalized spacial score (nSPS) is 41.3. The maximum atomic E-state index is 9.95. The Labute approximate surface area is 109 Å². The summed E-state index contributed by atoms with van der Waals surface area (Å²) in [5.74, 6) is 5.09. The van der Waals surface area contributed by atoms with Crippen LogP contribution in [0.15, 0.2) is 18.2 Å². The van der Waals surface area contributed by atoms with Gasteiger partial charge in [0.1, 0.15) is 5.75 Å². The standard InChI is InChI=1S/C17H22O/c1-10-15(3-2-4-16(10)18)17-13-6-11-5-12(8-13)9-14(17)7-11/h2-4,11-14,17-18H,5-9H2,1H3. The number of benzene rings is 1. The van der Waals surface area contributed by atoms with Gasteiger partial charge in [-0.05, 0) is 85.8 Å². The molecule has 0 saturated heterocycles. The maximum absolute atomic E-state index is 9.95. The van der Waals surface area contributed by atoms with E-state index in [2.05, 4.69) is 13.0 Å². The molecule has 0 atom stereocenters. The largest absolute Gasteiger partial charge is 0.508 e. The van der Waals surface area contributed by atoms with Gasteiger partial charge in [-0.2, -0.15) is 0 Å². The molecule has 18 heavy (non-hydrogen) atoms. The highest BCUT2D eigenvalue weighted by molar-refractivity contribution is 5.41. The van der Waals surface area contributed by atoms with E-state index < -0.39 is 0 Å². The first-order chi connectivity index (χ1) is 8.72. The summed E-state index contributed by atoms with van der Waals surface area (Å²) >= 11 is 0. The van der Waals surface area contributed by atoms with Crippen LogP contribution in [0.2, 0.25) is 0 Å². The van der Waals surface area contributed by atoms with Crippen LogP contribution in [0.5, 0.6) is 5.75 Å². The SMILES string of the molecule is Cc1c(O)cccc1C1C2CC3CC(C2)CC1C3. The van der Waals surface area contributed by atoms with Crippen molar-refractivity contribution < 1.29 is 5.11 Å². The lowest BCUT2D eigenvalue weighted by molar-refractivity contribution is -0.00303. The molecule has 0 radical (unpaired) electrons. The Morgan fingerprint density at radius 2 is 1.56 bits per heavy atom. The average Bonchev–Trinajstić information content (AvgIpc) is 2.33. The van der Waals surface area contributed by atoms with Crippen LogP contribution in [-0.2, 0) is 0 Å². The summed E-state index contributed by atoms with van der Waals surface area (Å²) in [5, 5.41) is 9.95. The van der Waals surface area contributed by atoms with E-state index >= 15 is 0 Å². The number of aromatic hydroxyl groups is 1. The summed E-state index contributed by atoms with van der Waals surface area (Å²) in [6, 6.07) is 6.12. The van der Waals surface area contributed by atoms with Crippen molar-refractivity contribution >= 4 is 0 Å². The van der Waals surface area contributed by atoms with Crippen molar-refractivity contribution in [2.24, 2.45) is 23.7 Å². The van der Waals surface area contributed by atoms with E-state index in [4.69, 9.17) is 0 Å². The highest BCUT2D eigenvalue weighted by Crippen LogP contribution is 2.60. The molecule has 0 amide bonds. The van der Waals surface area contributed by atoms with Crippen LogP contribution in [0.3, 0.4) is 0 Å². The molecule has 96 valence electrons. The molecule has 1 aromatic rings. The quantitative estimate of drug-likeness (QED) is 0.781. The zero-order valence-electron chi connectivity index (χ0n) is 11.1. The molecule has 1 heteroatoms. The lowest BCUT2D eigenvalue weighted by atomic mass is 9.50. The van der Waals surface area contributed by atoms with Crippen LogP contribution in [0.25, 0.3) is 0 Å². The van der Waals surface area contributed by atoms with Crippen LogP contribution in [0, 0.1) is 30.6 Å². The first kappa shape index (κ1) is 10.9. The minimum Gasteiger partial charge on any atom is -0.508 e. The summed E-state index contributed by atoms with van der Waals surface area (Å²) in [6.07, 6.45) is 7.32. The van der Waals surface area contributed by atoms with Gasteiger partial charge in [0.15, 0.2) is 0 Å². The van der Waals surface area contributed by atoms with E-state index in [0.717, 1.165) is 35.2 Å². The van der Waals surface area contributed by atoms with E-state index in [1.807, 2.05) is 12.1 Å². The molecule has 4 aliphatic carbocycles. The van der Waals surface area contributed by atoms with Gasteiger partial charge >= 0.3 is 0 Å². The van der Waals surface area contributed by atoms with Gasteiger partial charge in [-0.3, -0.25) is 0 Å². The summed E-state index contributed by atoms with van der Waals surface area (Å²) in [4.78, 5) is 0. The molecule has 4 bridgehead atoms. The van der Waals surface area contributed by atoms with E-state index in [0.29, 0.717) is 5.75 Å². The van der Waals surface area contributed by atoms with Crippen molar-refractivity contribution in [2.75, 3.05) is 0 Å². The molecule has 0 heterocycles. The molecule has 5 rings (SSSR count). The predicted molar refractivity (Wildman–Crippen MR) is 72.6 cm³/mol. The molecular formula is C17H22O. The first-order valence-corrected chi connectivity index (χ1v) is 7.51. The van der Waals surface area contributed by atoms with Gasteiger partial charge in [0.25, 0.3) is 0 Å². The topological polar surface area (TPSA) is 20.2 Å². The summed E-state index contributed by atoms with van der Waals surface area (Å²) in [7, 11) is 0. The Bertz CT molecular complexity index is 448. The van der Waals surface area contributed by atoms with Crippen LogP contribution in [0.1, 0.15) is 49.1 Å². The first-order valence-electron chi connectivity index (χ1n) is 7.51. The maximum Gasteiger partial charge on any atom is 0.118 e. The highest BCUT2D eigenvalue weighted by atomic mass is 16.3. The summed E-state index contributed by atoms with van der Waals surface area (Å²) in [5.41, 5.74) is 2.58. The van der Waals surface area contributed by atoms with Gasteiger partial charge < -0.3 is 5.11 Å². The van der Waals surface area contributed by atoms with Crippen LogP contribution in [-0.4, -0.2) is 5.11 Å². The van der Waals surface area contributed by atoms with Crippen molar-refractivity contribution in [3.05, 3.63) is 29.3 Å². The minimum atomic E-state index is 0.487. The third-order valence-electron chi connectivity index (χ3n) is 5.93. The third kappa shape index (κ3) is 1.46. The lowest BCUT2D eigenvalue weighted by Gasteiger charge is -2.55. The van der Waals surface area contributed by atoms with Crippen molar-refractivity contribution in [3.63, 3.8) is 0 Å². The molecule has 0 spiro atoms. The van der Waals surface area contributed by atoms with E-state index in [1.165, 1.54) is 37.7 Å². The van der Waals surface area contributed by atoms with Gasteiger partial charge in [-0.25, -0.2) is 0 Å². The molecule has 0 aromatic heterocycles. The Hall–Kier alpha value is -0.980. The number of hydrogen-bond acceptors (Lipinski definition) is 1. The second-order valence-corrected chi connectivity index (χ2v) is 6.95. The molecule has 1 aromatic carbocycles. The fourth-order valence-corrected chi connectivity index (χ4v) is 5.43. The number of phenolic OH excluding ortho intramolecular Hbond substituents is 1. The van der Waals surface area contributed by atoms with E-state index in [1.54, 1.807) is 0 Å². The van der Waals surface area contributed by atoms with Gasteiger partial charge in [0, 0.05) is 0 Å². The molecule has 1 N–H and O–H groups in total. The molecule has 4 fully saturated rings. The van der Waals surface area contributed by atoms with Crippen LogP contribution < -0.4 is 0 Å². The van der Waals surface area contributed by atoms with Gasteiger partial charge in [0.2, 0.25) is 0 Å². The zero-order valence-corrected chi connectivity index (χ0v) is 11.1. The second-order valence-electron chi connectivity index (χ2n) is 6.95. The highest BCUT2D eigenvalue weighted by Gasteiger charge is 2.48. The Kier molecular flexibility index (Phi) is 2.27. The Morgan fingerprint density at radius 3 is 2.17 bits per heavy atom. The Morgan fingerprint density at radius 1 is 0.944 bits per heavy atom. The van der Waals surface area contributed by atoms with Crippen molar-refractivity contribution in [1.29, 1.82) is 0 Å². The summed E-state index contributed by atoms with van der Waals surface area (Å²) < 4.78 is 0. The van der Waals surface area contributed by atoms with E-state index in [-0.39, 0.29) is 0 Å². The molecule has 1 nitrogen and oxygen atoms in total. The molecule has 4 aliphatic rings.